The van der Waals surface area contributed by atoms with Crippen LogP contribution in [0, 0.1) is 0 Å². The summed E-state index contributed by atoms with van der Waals surface area (Å²) in [6.07, 6.45) is 2.01. The molecular weight excluding hydrogens is 259 g/mol. The molecule has 0 saturated heterocycles. The lowest BCUT2D eigenvalue weighted by Gasteiger charge is -2.40. The molecule has 0 saturated carbocycles. The molecule has 6 nitrogen and oxygen atoms in total. The second-order valence-electron chi connectivity index (χ2n) is 5.66. The number of aliphatic hydroxyl groups is 1. The Morgan fingerprint density at radius 2 is 2.00 bits per heavy atom. The van der Waals surface area contributed by atoms with Gasteiger partial charge < -0.3 is 19.8 Å². The smallest absolute Gasteiger partial charge is 0.402 e. The molecule has 7 heteroatoms. The van der Waals surface area contributed by atoms with Crippen molar-refractivity contribution in [1.82, 2.24) is 10.2 Å². The zero-order chi connectivity index (χ0) is 15.0. The number of H-pyrrole nitrogens is 1. The molecule has 0 aliphatic carbocycles. The van der Waals surface area contributed by atoms with Crippen LogP contribution in [-0.2, 0) is 11.1 Å². The molecule has 20 heavy (non-hydrogen) atoms. The first kappa shape index (κ1) is 15.0. The van der Waals surface area contributed by atoms with Crippen molar-refractivity contribution in [2.75, 3.05) is 0 Å². The molecule has 0 fully saturated rings. The largest absolute Gasteiger partial charge is 0.634 e. The molecule has 1 aromatic carbocycles. The molecule has 1 aromatic heterocycles. The minimum absolute atomic E-state index is 0.299. The van der Waals surface area contributed by atoms with E-state index in [0.717, 1.165) is 16.5 Å². The zero-order valence-electron chi connectivity index (χ0n) is 11.8. The van der Waals surface area contributed by atoms with Crippen molar-refractivity contribution >= 4 is 18.2 Å². The number of rotatable bonds is 5. The van der Waals surface area contributed by atoms with Crippen molar-refractivity contribution in [2.24, 2.45) is 0 Å². The van der Waals surface area contributed by atoms with E-state index in [1.54, 1.807) is 27.0 Å². The van der Waals surface area contributed by atoms with Crippen LogP contribution in [0.15, 0.2) is 24.4 Å². The van der Waals surface area contributed by atoms with Crippen molar-refractivity contribution in [3.05, 3.63) is 30.0 Å². The first-order valence-electron chi connectivity index (χ1n) is 6.40. The van der Waals surface area contributed by atoms with Gasteiger partial charge in [0.05, 0.1) is 22.9 Å². The van der Waals surface area contributed by atoms with Crippen LogP contribution < -0.4 is 0 Å². The van der Waals surface area contributed by atoms with Crippen LogP contribution in [-0.4, -0.2) is 43.9 Å². The summed E-state index contributed by atoms with van der Waals surface area (Å²) in [7, 11) is -1.95. The van der Waals surface area contributed by atoms with Gasteiger partial charge in [0, 0.05) is 11.8 Å². The predicted molar refractivity (Wildman–Crippen MR) is 75.8 cm³/mol. The van der Waals surface area contributed by atoms with Crippen molar-refractivity contribution in [3.63, 3.8) is 0 Å². The van der Waals surface area contributed by atoms with Gasteiger partial charge in [-0.3, -0.25) is 5.10 Å². The highest BCUT2D eigenvalue weighted by Crippen LogP contribution is 2.32. The molecule has 0 spiro atoms. The Morgan fingerprint density at radius 3 is 2.60 bits per heavy atom. The molecule has 2 aromatic rings. The predicted octanol–water partition coefficient (Wildman–Crippen LogP) is 0.621. The van der Waals surface area contributed by atoms with E-state index >= 15 is 0 Å². The van der Waals surface area contributed by atoms with Gasteiger partial charge in [0.1, 0.15) is 0 Å². The molecule has 0 radical (unpaired) electrons. The fourth-order valence-electron chi connectivity index (χ4n) is 2.18. The molecule has 0 aliphatic heterocycles. The summed E-state index contributed by atoms with van der Waals surface area (Å²) in [5, 5.41) is 36.3. The average Bonchev–Trinajstić information content (AvgIpc) is 2.75. The molecule has 0 aliphatic rings. The Kier molecular flexibility index (Phi) is 3.88. The van der Waals surface area contributed by atoms with E-state index in [9.17, 15) is 5.11 Å². The second-order valence-corrected chi connectivity index (χ2v) is 5.66. The number of nitrogens with one attached hydrogen (secondary N) is 1. The average molecular weight is 278 g/mol. The summed E-state index contributed by atoms with van der Waals surface area (Å²) in [4.78, 5) is 0. The fraction of sp³-hybridized carbons (Fsp3) is 0.462. The summed E-state index contributed by atoms with van der Waals surface area (Å²) >= 11 is 0. The highest BCUT2D eigenvalue weighted by Gasteiger charge is 2.43. The van der Waals surface area contributed by atoms with Gasteiger partial charge in [0.15, 0.2) is 0 Å². The maximum absolute atomic E-state index is 10.3. The lowest BCUT2D eigenvalue weighted by molar-refractivity contribution is -0.119. The van der Waals surface area contributed by atoms with E-state index < -0.39 is 18.5 Å². The Labute approximate surface area is 117 Å². The van der Waals surface area contributed by atoms with E-state index in [-0.39, 0.29) is 0 Å². The number of hydrogen-bond donors (Lipinski definition) is 4. The molecule has 2 rings (SSSR count). The first-order chi connectivity index (χ1) is 9.23. The second kappa shape index (κ2) is 5.18. The number of fused-ring (bicyclic) bond motifs is 1. The van der Waals surface area contributed by atoms with Gasteiger partial charge in [-0.1, -0.05) is 18.2 Å². The normalized spacial score (nSPS) is 15.3. The first-order valence-corrected chi connectivity index (χ1v) is 6.40. The van der Waals surface area contributed by atoms with E-state index in [1.807, 2.05) is 18.2 Å². The molecular formula is C13H19BN2O4. The van der Waals surface area contributed by atoms with Crippen molar-refractivity contribution in [3.8, 4) is 0 Å². The highest BCUT2D eigenvalue weighted by molar-refractivity contribution is 6.32. The lowest BCUT2D eigenvalue weighted by atomic mass is 9.80. The Morgan fingerprint density at radius 1 is 1.30 bits per heavy atom. The van der Waals surface area contributed by atoms with Crippen molar-refractivity contribution < 1.29 is 19.8 Å². The Bertz CT molecular complexity index is 593. The van der Waals surface area contributed by atoms with Gasteiger partial charge in [-0.25, -0.2) is 0 Å². The Hall–Kier alpha value is -1.41. The summed E-state index contributed by atoms with van der Waals surface area (Å²) in [6.45, 7) is 4.78. The lowest BCUT2D eigenvalue weighted by Crippen LogP contribution is -2.54. The monoisotopic (exact) mass is 278 g/mol. The van der Waals surface area contributed by atoms with E-state index in [2.05, 4.69) is 10.2 Å². The molecule has 0 bridgehead atoms. The highest BCUT2D eigenvalue weighted by atomic mass is 16.6. The summed E-state index contributed by atoms with van der Waals surface area (Å²) < 4.78 is 5.16. The third-order valence-electron chi connectivity index (χ3n) is 3.75. The van der Waals surface area contributed by atoms with Crippen LogP contribution in [0.4, 0.5) is 0 Å². The van der Waals surface area contributed by atoms with Gasteiger partial charge in [0.2, 0.25) is 0 Å². The molecule has 1 heterocycles. The third kappa shape index (κ3) is 2.86. The standard InChI is InChI=1S/C13H19BN2O4/c1-12(2,17)13(3,20-14(18)19)7-9-5-4-6-10-8-15-16-11(9)10/h4-6,8,17-19H,7H2,1-3H3,(H,15,16). The molecule has 1 unspecified atom stereocenters. The van der Waals surface area contributed by atoms with E-state index in [4.69, 9.17) is 14.7 Å². The van der Waals surface area contributed by atoms with Gasteiger partial charge in [-0.15, -0.1) is 0 Å². The molecule has 4 N–H and O–H groups in total. The maximum atomic E-state index is 10.3. The van der Waals surface area contributed by atoms with Gasteiger partial charge in [-0.05, 0) is 26.3 Å². The van der Waals surface area contributed by atoms with Crippen LogP contribution in [0.5, 0.6) is 0 Å². The number of nitrogens with zero attached hydrogens (tertiary/aromatic N) is 1. The summed E-state index contributed by atoms with van der Waals surface area (Å²) in [5.74, 6) is 0. The third-order valence-corrected chi connectivity index (χ3v) is 3.75. The minimum Gasteiger partial charge on any atom is -0.402 e. The molecule has 108 valence electrons. The minimum atomic E-state index is -1.95. The SMILES string of the molecule is CC(C)(O)C(C)(Cc1cccc2cn[nH]c12)OB(O)O. The van der Waals surface area contributed by atoms with Crippen LogP contribution in [0.25, 0.3) is 10.9 Å². The summed E-state index contributed by atoms with van der Waals surface area (Å²) in [6, 6.07) is 5.69. The van der Waals surface area contributed by atoms with Crippen LogP contribution in [0.2, 0.25) is 0 Å². The van der Waals surface area contributed by atoms with Crippen LogP contribution >= 0.6 is 0 Å². The van der Waals surface area contributed by atoms with Gasteiger partial charge in [-0.2, -0.15) is 5.10 Å². The van der Waals surface area contributed by atoms with Crippen LogP contribution in [0.1, 0.15) is 26.3 Å². The number of hydrogen-bond acceptors (Lipinski definition) is 5. The zero-order valence-corrected chi connectivity index (χ0v) is 11.8. The molecule has 0 amide bonds. The van der Waals surface area contributed by atoms with Crippen molar-refractivity contribution in [1.29, 1.82) is 0 Å². The topological polar surface area (TPSA) is 98.6 Å². The summed E-state index contributed by atoms with van der Waals surface area (Å²) in [5.41, 5.74) is -0.705. The number of para-hydroxylation sites is 1. The van der Waals surface area contributed by atoms with Gasteiger partial charge in [0.25, 0.3) is 0 Å². The van der Waals surface area contributed by atoms with Crippen LogP contribution in [0.3, 0.4) is 0 Å². The maximum Gasteiger partial charge on any atom is 0.634 e. The molecule has 1 atom stereocenters. The van der Waals surface area contributed by atoms with Crippen molar-refractivity contribution in [2.45, 2.75) is 38.4 Å². The Balaban J connectivity index is 2.40. The number of aromatic amines is 1. The van der Waals surface area contributed by atoms with E-state index in [0.29, 0.717) is 6.42 Å². The van der Waals surface area contributed by atoms with E-state index in [1.165, 1.54) is 0 Å². The number of aromatic nitrogens is 2. The quantitative estimate of drug-likeness (QED) is 0.601. The van der Waals surface area contributed by atoms with Gasteiger partial charge >= 0.3 is 7.32 Å². The fourth-order valence-corrected chi connectivity index (χ4v) is 2.18. The number of benzene rings is 1.